The van der Waals surface area contributed by atoms with E-state index in [1.165, 1.54) is 0 Å². The van der Waals surface area contributed by atoms with E-state index in [0.717, 1.165) is 52.6 Å². The van der Waals surface area contributed by atoms with Crippen molar-refractivity contribution in [1.82, 2.24) is 9.55 Å². The van der Waals surface area contributed by atoms with Gasteiger partial charge in [0.15, 0.2) is 6.61 Å². The number of para-hydroxylation sites is 1. The molecule has 0 bridgehead atoms. The Morgan fingerprint density at radius 1 is 1.30 bits per heavy atom. The van der Waals surface area contributed by atoms with Crippen LogP contribution in [0.3, 0.4) is 0 Å². The van der Waals surface area contributed by atoms with Crippen LogP contribution >= 0.6 is 11.3 Å². The van der Waals surface area contributed by atoms with Crippen molar-refractivity contribution in [2.24, 2.45) is 0 Å². The Hall–Kier alpha value is -2.51. The van der Waals surface area contributed by atoms with Gasteiger partial charge in [-0.2, -0.15) is 0 Å². The first-order valence-corrected chi connectivity index (χ1v) is 11.1. The molecule has 4 rings (SSSR count). The second kappa shape index (κ2) is 9.10. The summed E-state index contributed by atoms with van der Waals surface area (Å²) in [5.74, 6) is -0.550. The number of thiazole rings is 1. The molecule has 7 heteroatoms. The summed E-state index contributed by atoms with van der Waals surface area (Å²) in [7, 11) is 0. The predicted molar refractivity (Wildman–Crippen MR) is 116 cm³/mol. The fourth-order valence-corrected chi connectivity index (χ4v) is 4.85. The summed E-state index contributed by atoms with van der Waals surface area (Å²) >= 11 is 1.58. The molecule has 0 amide bonds. The summed E-state index contributed by atoms with van der Waals surface area (Å²) in [6, 6.07) is 9.78. The van der Waals surface area contributed by atoms with E-state index in [0.29, 0.717) is 12.0 Å². The third-order valence-corrected chi connectivity index (χ3v) is 6.63. The maximum Gasteiger partial charge on any atom is 0.306 e. The maximum absolute atomic E-state index is 12.6. The van der Waals surface area contributed by atoms with Crippen LogP contribution < -0.4 is 0 Å². The second-order valence-corrected chi connectivity index (χ2v) is 8.80. The number of hydrogen-bond acceptors (Lipinski definition) is 6. The molecule has 1 fully saturated rings. The van der Waals surface area contributed by atoms with Crippen LogP contribution in [0.15, 0.2) is 30.3 Å². The molecule has 0 N–H and O–H groups in total. The largest absolute Gasteiger partial charge is 0.457 e. The Bertz CT molecular complexity index is 1030. The number of fused-ring (bicyclic) bond motifs is 1. The summed E-state index contributed by atoms with van der Waals surface area (Å²) in [6.07, 6.45) is 3.07. The average Bonchev–Trinajstić information content (AvgIpc) is 3.46. The minimum absolute atomic E-state index is 0.171. The Morgan fingerprint density at radius 2 is 2.13 bits per heavy atom. The lowest BCUT2D eigenvalue weighted by molar-refractivity contribution is -0.142. The number of benzene rings is 1. The number of carbonyl (C=O) groups excluding carboxylic acids is 2. The van der Waals surface area contributed by atoms with Gasteiger partial charge in [0.2, 0.25) is 5.78 Å². The third-order valence-electron chi connectivity index (χ3n) is 5.53. The smallest absolute Gasteiger partial charge is 0.306 e. The van der Waals surface area contributed by atoms with Crippen LogP contribution in [0.5, 0.6) is 0 Å². The van der Waals surface area contributed by atoms with E-state index >= 15 is 0 Å². The standard InChI is InChI=1S/C23H26N2O4S/c1-15-12-18(16(2)25(15)13-17-6-5-11-28-17)20(26)14-29-23(27)10-9-22-24-19-7-3-4-8-21(19)30-22/h3-4,7-8,12,17H,5-6,9-11,13-14H2,1-2H3. The Morgan fingerprint density at radius 3 is 2.90 bits per heavy atom. The zero-order valence-corrected chi connectivity index (χ0v) is 18.2. The van der Waals surface area contributed by atoms with Gasteiger partial charge in [-0.15, -0.1) is 11.3 Å². The second-order valence-electron chi connectivity index (χ2n) is 7.69. The molecule has 1 unspecified atom stereocenters. The van der Waals surface area contributed by atoms with Crippen molar-refractivity contribution < 1.29 is 19.1 Å². The minimum atomic E-state index is -0.379. The average molecular weight is 427 g/mol. The summed E-state index contributed by atoms with van der Waals surface area (Å²) in [4.78, 5) is 29.3. The lowest BCUT2D eigenvalue weighted by Crippen LogP contribution is -2.18. The highest BCUT2D eigenvalue weighted by Gasteiger charge is 2.21. The van der Waals surface area contributed by atoms with Crippen molar-refractivity contribution in [2.45, 2.75) is 52.2 Å². The highest BCUT2D eigenvalue weighted by Crippen LogP contribution is 2.23. The quantitative estimate of drug-likeness (QED) is 0.398. The number of ketones is 1. The number of aromatic nitrogens is 2. The molecule has 158 valence electrons. The number of hydrogen-bond donors (Lipinski definition) is 0. The zero-order valence-electron chi connectivity index (χ0n) is 17.3. The molecular weight excluding hydrogens is 400 g/mol. The SMILES string of the molecule is Cc1cc(C(=O)COC(=O)CCc2nc3ccccc3s2)c(C)n1CC1CCCO1. The lowest BCUT2D eigenvalue weighted by atomic mass is 10.1. The zero-order chi connectivity index (χ0) is 21.1. The number of nitrogens with zero attached hydrogens (tertiary/aromatic N) is 2. The lowest BCUT2D eigenvalue weighted by Gasteiger charge is -2.14. The number of ether oxygens (including phenoxy) is 2. The molecule has 1 aromatic carbocycles. The first-order chi connectivity index (χ1) is 14.5. The fraction of sp³-hybridized carbons (Fsp3) is 0.435. The molecule has 0 spiro atoms. The van der Waals surface area contributed by atoms with Crippen molar-refractivity contribution in [3.63, 3.8) is 0 Å². The van der Waals surface area contributed by atoms with Crippen LogP contribution in [0.4, 0.5) is 0 Å². The summed E-state index contributed by atoms with van der Waals surface area (Å²) < 4.78 is 14.2. The Labute approximate surface area is 179 Å². The van der Waals surface area contributed by atoms with E-state index < -0.39 is 0 Å². The van der Waals surface area contributed by atoms with Crippen molar-refractivity contribution >= 4 is 33.3 Å². The first-order valence-electron chi connectivity index (χ1n) is 10.3. The highest BCUT2D eigenvalue weighted by atomic mass is 32.1. The minimum Gasteiger partial charge on any atom is -0.457 e. The molecule has 1 aliphatic heterocycles. The molecular formula is C23H26N2O4S. The van der Waals surface area contributed by atoms with Crippen LogP contribution in [0.25, 0.3) is 10.2 Å². The molecule has 0 radical (unpaired) electrons. The van der Waals surface area contributed by atoms with Crippen molar-refractivity contribution in [2.75, 3.05) is 13.2 Å². The van der Waals surface area contributed by atoms with Crippen molar-refractivity contribution in [3.8, 4) is 0 Å². The van der Waals surface area contributed by atoms with Gasteiger partial charge in [0.1, 0.15) is 0 Å². The van der Waals surface area contributed by atoms with Gasteiger partial charge in [0, 0.05) is 36.5 Å². The predicted octanol–water partition coefficient (Wildman–Crippen LogP) is 4.25. The van der Waals surface area contributed by atoms with E-state index in [1.807, 2.05) is 44.2 Å². The van der Waals surface area contributed by atoms with Gasteiger partial charge in [-0.1, -0.05) is 12.1 Å². The van der Waals surface area contributed by atoms with Crippen LogP contribution in [-0.2, 0) is 27.2 Å². The van der Waals surface area contributed by atoms with Gasteiger partial charge in [-0.05, 0) is 44.9 Å². The summed E-state index contributed by atoms with van der Waals surface area (Å²) in [6.45, 7) is 5.26. The van der Waals surface area contributed by atoms with Crippen LogP contribution in [0.2, 0.25) is 0 Å². The Balaban J connectivity index is 1.30. The molecule has 1 aliphatic rings. The summed E-state index contributed by atoms with van der Waals surface area (Å²) in [5, 5.41) is 0.900. The number of carbonyl (C=O) groups is 2. The van der Waals surface area contributed by atoms with E-state index in [9.17, 15) is 9.59 Å². The molecule has 0 saturated carbocycles. The Kier molecular flexibility index (Phi) is 6.29. The maximum atomic E-state index is 12.6. The van der Waals surface area contributed by atoms with E-state index in [1.54, 1.807) is 11.3 Å². The van der Waals surface area contributed by atoms with Gasteiger partial charge in [-0.25, -0.2) is 4.98 Å². The molecule has 1 saturated heterocycles. The number of aryl methyl sites for hydroxylation is 2. The monoisotopic (exact) mass is 426 g/mol. The van der Waals surface area contributed by atoms with Gasteiger partial charge in [0.05, 0.1) is 27.7 Å². The third kappa shape index (κ3) is 4.63. The van der Waals surface area contributed by atoms with Gasteiger partial charge in [0.25, 0.3) is 0 Å². The van der Waals surface area contributed by atoms with Crippen molar-refractivity contribution in [1.29, 1.82) is 0 Å². The summed E-state index contributed by atoms with van der Waals surface area (Å²) in [5.41, 5.74) is 3.48. The first kappa shape index (κ1) is 20.8. The van der Waals surface area contributed by atoms with Crippen molar-refractivity contribution in [3.05, 3.63) is 52.3 Å². The molecule has 3 heterocycles. The molecule has 3 aromatic rings. The van der Waals surface area contributed by atoms with E-state index in [4.69, 9.17) is 9.47 Å². The fourth-order valence-electron chi connectivity index (χ4n) is 3.89. The highest BCUT2D eigenvalue weighted by molar-refractivity contribution is 7.18. The topological polar surface area (TPSA) is 70.4 Å². The normalized spacial score (nSPS) is 16.3. The van der Waals surface area contributed by atoms with Crippen LogP contribution in [0, 0.1) is 13.8 Å². The number of Topliss-reactive ketones (excluding diaryl/α,β-unsaturated/α-hetero) is 1. The number of rotatable bonds is 8. The molecule has 1 atom stereocenters. The van der Waals surface area contributed by atoms with Gasteiger partial charge in [-0.3, -0.25) is 9.59 Å². The molecule has 2 aromatic heterocycles. The van der Waals surface area contributed by atoms with E-state index in [-0.39, 0.29) is 30.9 Å². The van der Waals surface area contributed by atoms with Gasteiger partial charge >= 0.3 is 5.97 Å². The molecule has 6 nitrogen and oxygen atoms in total. The van der Waals surface area contributed by atoms with E-state index in [2.05, 4.69) is 9.55 Å². The van der Waals surface area contributed by atoms with Crippen LogP contribution in [-0.4, -0.2) is 40.6 Å². The molecule has 30 heavy (non-hydrogen) atoms. The molecule has 0 aliphatic carbocycles. The van der Waals surface area contributed by atoms with Gasteiger partial charge < -0.3 is 14.0 Å². The van der Waals surface area contributed by atoms with Crippen LogP contribution in [0.1, 0.15) is 46.0 Å². The number of esters is 1.